The van der Waals surface area contributed by atoms with Gasteiger partial charge in [-0.2, -0.15) is 0 Å². The Labute approximate surface area is 161 Å². The van der Waals surface area contributed by atoms with Crippen LogP contribution in [0.5, 0.6) is 5.75 Å². The van der Waals surface area contributed by atoms with Gasteiger partial charge in [-0.25, -0.2) is 0 Å². The summed E-state index contributed by atoms with van der Waals surface area (Å²) < 4.78 is 5.93. The maximum atomic E-state index is 13.0. The zero-order valence-corrected chi connectivity index (χ0v) is 16.7. The molecule has 0 atom stereocenters. The lowest BCUT2D eigenvalue weighted by atomic mass is 9.87. The minimum absolute atomic E-state index is 0.0906. The smallest absolute Gasteiger partial charge is 0.294 e. The number of fused-ring (bicyclic) bond motifs is 1. The SMILES string of the molecule is CC(C)CN1C(=O)/C(=C\c2ccc(C(C)(C)C)cc2)Oc2cc(N)ccc21. The first-order valence-electron chi connectivity index (χ1n) is 9.36. The van der Waals surface area contributed by atoms with Crippen molar-refractivity contribution in [3.8, 4) is 5.75 Å². The number of ether oxygens (including phenoxy) is 1. The summed E-state index contributed by atoms with van der Waals surface area (Å²) in [6, 6.07) is 13.6. The van der Waals surface area contributed by atoms with Crippen molar-refractivity contribution < 1.29 is 9.53 Å². The Kier molecular flexibility index (Phi) is 5.01. The van der Waals surface area contributed by atoms with Crippen LogP contribution in [-0.4, -0.2) is 12.5 Å². The van der Waals surface area contributed by atoms with Gasteiger partial charge in [0.05, 0.1) is 5.69 Å². The highest BCUT2D eigenvalue weighted by Gasteiger charge is 2.30. The molecule has 1 amide bonds. The average Bonchev–Trinajstić information content (AvgIpc) is 2.58. The van der Waals surface area contributed by atoms with Gasteiger partial charge in [0.25, 0.3) is 5.91 Å². The van der Waals surface area contributed by atoms with E-state index in [4.69, 9.17) is 10.5 Å². The number of anilines is 2. The molecule has 1 aliphatic rings. The first-order chi connectivity index (χ1) is 12.6. The molecule has 1 heterocycles. The van der Waals surface area contributed by atoms with Crippen molar-refractivity contribution in [2.75, 3.05) is 17.2 Å². The second-order valence-corrected chi connectivity index (χ2v) is 8.52. The molecule has 4 heteroatoms. The van der Waals surface area contributed by atoms with Crippen LogP contribution in [0.25, 0.3) is 6.08 Å². The number of amides is 1. The van der Waals surface area contributed by atoms with Gasteiger partial charge in [0.2, 0.25) is 0 Å². The first-order valence-corrected chi connectivity index (χ1v) is 9.36. The van der Waals surface area contributed by atoms with Crippen LogP contribution in [-0.2, 0) is 10.2 Å². The van der Waals surface area contributed by atoms with E-state index in [1.807, 2.05) is 18.2 Å². The number of carbonyl (C=O) groups excluding carboxylic acids is 1. The number of nitrogens with two attached hydrogens (primary N) is 1. The minimum Gasteiger partial charge on any atom is -0.449 e. The lowest BCUT2D eigenvalue weighted by Gasteiger charge is -2.32. The Bertz CT molecular complexity index is 874. The number of hydrogen-bond donors (Lipinski definition) is 1. The van der Waals surface area contributed by atoms with E-state index in [-0.39, 0.29) is 11.3 Å². The van der Waals surface area contributed by atoms with Crippen molar-refractivity contribution in [1.82, 2.24) is 0 Å². The standard InChI is InChI=1S/C23H28N2O2/c1-15(2)14-25-19-11-10-18(24)13-20(19)27-21(22(25)26)12-16-6-8-17(9-7-16)23(3,4)5/h6-13,15H,14,24H2,1-5H3/b21-12+. The molecular formula is C23H28N2O2. The van der Waals surface area contributed by atoms with Gasteiger partial charge in [-0.15, -0.1) is 0 Å². The van der Waals surface area contributed by atoms with Crippen molar-refractivity contribution in [3.63, 3.8) is 0 Å². The van der Waals surface area contributed by atoms with Gasteiger partial charge in [-0.3, -0.25) is 4.79 Å². The molecule has 0 aliphatic carbocycles. The second kappa shape index (κ2) is 7.10. The highest BCUT2D eigenvalue weighted by molar-refractivity contribution is 6.10. The van der Waals surface area contributed by atoms with Crippen LogP contribution in [0.15, 0.2) is 48.2 Å². The number of nitrogens with zero attached hydrogens (tertiary/aromatic N) is 1. The zero-order chi connectivity index (χ0) is 19.8. The zero-order valence-electron chi connectivity index (χ0n) is 16.7. The van der Waals surface area contributed by atoms with Crippen LogP contribution in [0.4, 0.5) is 11.4 Å². The highest BCUT2D eigenvalue weighted by Crippen LogP contribution is 2.37. The average molecular weight is 364 g/mol. The molecule has 142 valence electrons. The third-order valence-electron chi connectivity index (χ3n) is 4.57. The van der Waals surface area contributed by atoms with Crippen LogP contribution < -0.4 is 15.4 Å². The van der Waals surface area contributed by atoms with Crippen molar-refractivity contribution >= 4 is 23.4 Å². The summed E-state index contributed by atoms with van der Waals surface area (Å²) in [6.45, 7) is 11.3. The third-order valence-corrected chi connectivity index (χ3v) is 4.57. The highest BCUT2D eigenvalue weighted by atomic mass is 16.5. The van der Waals surface area contributed by atoms with Gasteiger partial charge in [-0.1, -0.05) is 58.9 Å². The van der Waals surface area contributed by atoms with E-state index in [1.165, 1.54) is 5.56 Å². The Hall–Kier alpha value is -2.75. The minimum atomic E-state index is -0.124. The van der Waals surface area contributed by atoms with E-state index >= 15 is 0 Å². The molecule has 0 saturated carbocycles. The van der Waals surface area contributed by atoms with Crippen molar-refractivity contribution in [2.24, 2.45) is 5.92 Å². The molecule has 3 rings (SSSR count). The van der Waals surface area contributed by atoms with Gasteiger partial charge in [-0.05, 0) is 40.7 Å². The van der Waals surface area contributed by atoms with E-state index < -0.39 is 0 Å². The summed E-state index contributed by atoms with van der Waals surface area (Å²) >= 11 is 0. The Morgan fingerprint density at radius 2 is 1.78 bits per heavy atom. The number of carbonyl (C=O) groups is 1. The van der Waals surface area contributed by atoms with E-state index in [0.29, 0.717) is 29.7 Å². The van der Waals surface area contributed by atoms with Gasteiger partial charge in [0, 0.05) is 18.3 Å². The molecular weight excluding hydrogens is 336 g/mol. The fourth-order valence-electron chi connectivity index (χ4n) is 3.11. The van der Waals surface area contributed by atoms with Crippen molar-refractivity contribution in [1.29, 1.82) is 0 Å². The Morgan fingerprint density at radius 1 is 1.11 bits per heavy atom. The largest absolute Gasteiger partial charge is 0.449 e. The van der Waals surface area contributed by atoms with Gasteiger partial charge in [0.1, 0.15) is 0 Å². The maximum absolute atomic E-state index is 13.0. The molecule has 2 aromatic carbocycles. The molecule has 0 bridgehead atoms. The topological polar surface area (TPSA) is 55.6 Å². The quantitative estimate of drug-likeness (QED) is 0.617. The summed E-state index contributed by atoms with van der Waals surface area (Å²) in [6.07, 6.45) is 1.80. The summed E-state index contributed by atoms with van der Waals surface area (Å²) in [5.41, 5.74) is 9.57. The second-order valence-electron chi connectivity index (χ2n) is 8.52. The van der Waals surface area contributed by atoms with E-state index in [0.717, 1.165) is 11.3 Å². The number of benzene rings is 2. The fourth-order valence-corrected chi connectivity index (χ4v) is 3.11. The summed E-state index contributed by atoms with van der Waals surface area (Å²) in [5.74, 6) is 1.15. The lowest BCUT2D eigenvalue weighted by Crippen LogP contribution is -2.39. The fraction of sp³-hybridized carbons (Fsp3) is 0.348. The van der Waals surface area contributed by atoms with Crippen molar-refractivity contribution in [3.05, 3.63) is 59.4 Å². The number of rotatable bonds is 3. The summed E-state index contributed by atoms with van der Waals surface area (Å²) in [5, 5.41) is 0. The van der Waals surface area contributed by atoms with Crippen LogP contribution in [0.2, 0.25) is 0 Å². The predicted molar refractivity (Wildman–Crippen MR) is 112 cm³/mol. The molecule has 4 nitrogen and oxygen atoms in total. The van der Waals surface area contributed by atoms with Crippen molar-refractivity contribution in [2.45, 2.75) is 40.0 Å². The van der Waals surface area contributed by atoms with E-state index in [2.05, 4.69) is 46.8 Å². The Morgan fingerprint density at radius 3 is 2.37 bits per heavy atom. The number of nitrogen functional groups attached to an aromatic ring is 1. The van der Waals surface area contributed by atoms with E-state index in [1.54, 1.807) is 23.1 Å². The Balaban J connectivity index is 1.98. The molecule has 0 aromatic heterocycles. The van der Waals surface area contributed by atoms with Gasteiger partial charge < -0.3 is 15.4 Å². The number of hydrogen-bond acceptors (Lipinski definition) is 3. The summed E-state index contributed by atoms with van der Waals surface area (Å²) in [4.78, 5) is 14.8. The van der Waals surface area contributed by atoms with E-state index in [9.17, 15) is 4.79 Å². The molecule has 0 radical (unpaired) electrons. The summed E-state index contributed by atoms with van der Waals surface area (Å²) in [7, 11) is 0. The molecule has 2 N–H and O–H groups in total. The maximum Gasteiger partial charge on any atom is 0.294 e. The molecule has 27 heavy (non-hydrogen) atoms. The molecule has 0 saturated heterocycles. The molecule has 0 spiro atoms. The molecule has 1 aliphatic heterocycles. The molecule has 0 unspecified atom stereocenters. The van der Waals surface area contributed by atoms with Gasteiger partial charge in [0.15, 0.2) is 11.5 Å². The monoisotopic (exact) mass is 364 g/mol. The normalized spacial score (nSPS) is 15.9. The third kappa shape index (κ3) is 4.16. The molecule has 0 fully saturated rings. The van der Waals surface area contributed by atoms with Crippen LogP contribution in [0, 0.1) is 5.92 Å². The molecule has 2 aromatic rings. The van der Waals surface area contributed by atoms with Crippen LogP contribution in [0.3, 0.4) is 0 Å². The van der Waals surface area contributed by atoms with Crippen LogP contribution >= 0.6 is 0 Å². The predicted octanol–water partition coefficient (Wildman–Crippen LogP) is 4.99. The first kappa shape index (κ1) is 19.0. The van der Waals surface area contributed by atoms with Gasteiger partial charge >= 0.3 is 0 Å². The van der Waals surface area contributed by atoms with Crippen LogP contribution in [0.1, 0.15) is 45.7 Å². The lowest BCUT2D eigenvalue weighted by molar-refractivity contribution is -0.117.